The van der Waals surface area contributed by atoms with Crippen molar-refractivity contribution in [3.8, 4) is 11.1 Å². The number of carbonyl (C=O) groups excluding carboxylic acids is 3. The number of anilines is 1. The van der Waals surface area contributed by atoms with Gasteiger partial charge < -0.3 is 14.8 Å². The Morgan fingerprint density at radius 3 is 2.36 bits per heavy atom. The summed E-state index contributed by atoms with van der Waals surface area (Å²) in [7, 11) is 0. The Morgan fingerprint density at radius 1 is 0.879 bits per heavy atom. The van der Waals surface area contributed by atoms with Crippen LogP contribution < -0.4 is 5.32 Å². The topological polar surface area (TPSA) is 72.5 Å². The van der Waals surface area contributed by atoms with Crippen molar-refractivity contribution in [1.82, 2.24) is 0 Å². The van der Waals surface area contributed by atoms with Crippen molar-refractivity contribution in [2.24, 2.45) is 5.92 Å². The van der Waals surface area contributed by atoms with Gasteiger partial charge in [-0.05, 0) is 47.2 Å². The third-order valence-corrected chi connectivity index (χ3v) is 5.74. The van der Waals surface area contributed by atoms with E-state index in [2.05, 4.69) is 23.5 Å². The van der Waals surface area contributed by atoms with Gasteiger partial charge in [-0.15, -0.1) is 0 Å². The Bertz CT molecular complexity index is 1170. The zero-order valence-electron chi connectivity index (χ0n) is 18.1. The fourth-order valence-corrected chi connectivity index (χ4v) is 3.93. The Hall–Kier alpha value is -3.99. The Balaban J connectivity index is 1.42. The minimum absolute atomic E-state index is 0.0177. The normalized spacial score (nSPS) is 17.2. The molecule has 3 aromatic carbocycles. The molecule has 0 saturated carbocycles. The smallest absolute Gasteiger partial charge is 0.397 e. The number of esters is 1. The molecule has 1 N–H and O–H groups in total. The maximum absolute atomic E-state index is 12.3. The highest BCUT2D eigenvalue weighted by Crippen LogP contribution is 2.32. The molecule has 0 radical (unpaired) electrons. The van der Waals surface area contributed by atoms with Crippen LogP contribution in [0.1, 0.15) is 29.9 Å². The molecule has 1 aliphatic rings. The molecule has 5 nitrogen and oxygen atoms in total. The van der Waals surface area contributed by atoms with Crippen LogP contribution >= 0.6 is 0 Å². The summed E-state index contributed by atoms with van der Waals surface area (Å²) in [6, 6.07) is 24.8. The quantitative estimate of drug-likeness (QED) is 0.245. The zero-order valence-corrected chi connectivity index (χ0v) is 18.1. The van der Waals surface area contributed by atoms with Crippen molar-refractivity contribution in [2.75, 3.05) is 5.32 Å². The number of rotatable bonds is 6. The number of ether oxygens (including phenoxy) is 1. The van der Waals surface area contributed by atoms with Crippen LogP contribution in [0.25, 0.3) is 11.1 Å². The van der Waals surface area contributed by atoms with E-state index in [1.807, 2.05) is 66.7 Å². The SMILES string of the molecule is O=CC1C=CC(c2cccc(-c3cccc(NC(=O)C(=O)OCc4ccccc4)c3)c2)CC1. The second-order valence-electron chi connectivity index (χ2n) is 8.09. The highest BCUT2D eigenvalue weighted by atomic mass is 16.5. The van der Waals surface area contributed by atoms with E-state index in [1.54, 1.807) is 6.07 Å². The second-order valence-corrected chi connectivity index (χ2v) is 8.09. The maximum atomic E-state index is 12.3. The van der Waals surface area contributed by atoms with E-state index in [9.17, 15) is 14.4 Å². The lowest BCUT2D eigenvalue weighted by Crippen LogP contribution is -2.24. The Morgan fingerprint density at radius 2 is 1.64 bits per heavy atom. The number of amides is 1. The molecule has 0 spiro atoms. The van der Waals surface area contributed by atoms with Gasteiger partial charge in [-0.3, -0.25) is 4.79 Å². The van der Waals surface area contributed by atoms with Crippen molar-refractivity contribution < 1.29 is 19.1 Å². The summed E-state index contributed by atoms with van der Waals surface area (Å²) in [5.41, 5.74) is 4.46. The highest BCUT2D eigenvalue weighted by molar-refractivity contribution is 6.37. The molecule has 1 aliphatic carbocycles. The van der Waals surface area contributed by atoms with Gasteiger partial charge in [0.05, 0.1) is 0 Å². The largest absolute Gasteiger partial charge is 0.454 e. The van der Waals surface area contributed by atoms with Crippen LogP contribution in [0.5, 0.6) is 0 Å². The van der Waals surface area contributed by atoms with Crippen LogP contribution in [0, 0.1) is 5.92 Å². The third kappa shape index (κ3) is 5.83. The summed E-state index contributed by atoms with van der Waals surface area (Å²) in [5, 5.41) is 2.62. The molecule has 2 unspecified atom stereocenters. The number of hydrogen-bond donors (Lipinski definition) is 1. The molecule has 5 heteroatoms. The van der Waals surface area contributed by atoms with E-state index in [4.69, 9.17) is 4.74 Å². The van der Waals surface area contributed by atoms with E-state index in [0.29, 0.717) is 5.69 Å². The van der Waals surface area contributed by atoms with Crippen LogP contribution in [0.2, 0.25) is 0 Å². The molecule has 3 aromatic rings. The van der Waals surface area contributed by atoms with Crippen molar-refractivity contribution in [2.45, 2.75) is 25.4 Å². The number of allylic oxidation sites excluding steroid dienone is 2. The molecule has 0 fully saturated rings. The standard InChI is InChI=1S/C28H25NO4/c30-18-20-12-14-22(15-13-20)23-8-4-9-24(16-23)25-10-5-11-26(17-25)29-27(31)28(32)33-19-21-6-2-1-3-7-21/h1-12,14,16-18,20,22H,13,15,19H2,(H,29,31). The van der Waals surface area contributed by atoms with Gasteiger partial charge in [-0.1, -0.05) is 78.9 Å². The highest BCUT2D eigenvalue weighted by Gasteiger charge is 2.18. The first kappa shape index (κ1) is 22.2. The molecular weight excluding hydrogens is 414 g/mol. The summed E-state index contributed by atoms with van der Waals surface area (Å²) < 4.78 is 5.10. The van der Waals surface area contributed by atoms with E-state index in [-0.39, 0.29) is 18.4 Å². The van der Waals surface area contributed by atoms with Gasteiger partial charge in [-0.2, -0.15) is 0 Å². The zero-order chi connectivity index (χ0) is 23.0. The maximum Gasteiger partial charge on any atom is 0.397 e. The van der Waals surface area contributed by atoms with E-state index < -0.39 is 11.9 Å². The number of nitrogens with one attached hydrogen (secondary N) is 1. The molecule has 0 bridgehead atoms. The van der Waals surface area contributed by atoms with Gasteiger partial charge >= 0.3 is 11.9 Å². The van der Waals surface area contributed by atoms with Gasteiger partial charge in [0.15, 0.2) is 0 Å². The van der Waals surface area contributed by atoms with Crippen molar-refractivity contribution in [3.63, 3.8) is 0 Å². The van der Waals surface area contributed by atoms with Crippen LogP contribution in [-0.4, -0.2) is 18.2 Å². The average molecular weight is 440 g/mol. The number of benzene rings is 3. The molecule has 0 aromatic heterocycles. The first-order valence-corrected chi connectivity index (χ1v) is 11.0. The lowest BCUT2D eigenvalue weighted by atomic mass is 9.84. The molecule has 2 atom stereocenters. The number of carbonyl (C=O) groups is 3. The monoisotopic (exact) mass is 439 g/mol. The Kier molecular flexibility index (Phi) is 7.10. The minimum Gasteiger partial charge on any atom is -0.454 e. The number of hydrogen-bond acceptors (Lipinski definition) is 4. The molecular formula is C28H25NO4. The first-order valence-electron chi connectivity index (χ1n) is 11.0. The van der Waals surface area contributed by atoms with Crippen LogP contribution in [0.3, 0.4) is 0 Å². The lowest BCUT2D eigenvalue weighted by molar-refractivity contribution is -0.153. The van der Waals surface area contributed by atoms with Crippen molar-refractivity contribution >= 4 is 23.9 Å². The molecule has 166 valence electrons. The molecule has 4 rings (SSSR count). The van der Waals surface area contributed by atoms with Gasteiger partial charge in [0, 0.05) is 17.5 Å². The van der Waals surface area contributed by atoms with Crippen LogP contribution in [0.4, 0.5) is 5.69 Å². The van der Waals surface area contributed by atoms with Gasteiger partial charge in [0.25, 0.3) is 0 Å². The molecule has 0 aliphatic heterocycles. The minimum atomic E-state index is -0.927. The molecule has 0 saturated heterocycles. The summed E-state index contributed by atoms with van der Waals surface area (Å²) in [6.07, 6.45) is 6.89. The molecule has 0 heterocycles. The fourth-order valence-electron chi connectivity index (χ4n) is 3.93. The summed E-state index contributed by atoms with van der Waals surface area (Å²) in [5.74, 6) is -1.44. The average Bonchev–Trinajstić information content (AvgIpc) is 2.88. The summed E-state index contributed by atoms with van der Waals surface area (Å²) in [4.78, 5) is 35.3. The first-order chi connectivity index (χ1) is 16.1. The predicted octanol–water partition coefficient (Wildman–Crippen LogP) is 5.28. The summed E-state index contributed by atoms with van der Waals surface area (Å²) in [6.45, 7) is 0.0448. The van der Waals surface area contributed by atoms with Gasteiger partial charge in [0.1, 0.15) is 12.9 Å². The van der Waals surface area contributed by atoms with E-state index in [0.717, 1.165) is 35.8 Å². The van der Waals surface area contributed by atoms with Crippen LogP contribution in [-0.2, 0) is 25.7 Å². The lowest BCUT2D eigenvalue weighted by Gasteiger charge is -2.20. The van der Waals surface area contributed by atoms with Crippen molar-refractivity contribution in [3.05, 3.63) is 102 Å². The second kappa shape index (κ2) is 10.6. The molecule has 33 heavy (non-hydrogen) atoms. The Labute approximate surface area is 193 Å². The summed E-state index contributed by atoms with van der Waals surface area (Å²) >= 11 is 0. The predicted molar refractivity (Wildman–Crippen MR) is 127 cm³/mol. The van der Waals surface area contributed by atoms with Crippen LogP contribution in [0.15, 0.2) is 91.0 Å². The van der Waals surface area contributed by atoms with Gasteiger partial charge in [-0.25, -0.2) is 4.79 Å². The van der Waals surface area contributed by atoms with Gasteiger partial charge in [0.2, 0.25) is 0 Å². The van der Waals surface area contributed by atoms with E-state index in [1.165, 1.54) is 5.56 Å². The fraction of sp³-hybridized carbons (Fsp3) is 0.179. The third-order valence-electron chi connectivity index (χ3n) is 5.74. The van der Waals surface area contributed by atoms with Crippen molar-refractivity contribution in [1.29, 1.82) is 0 Å². The number of aldehydes is 1. The molecule has 1 amide bonds. The van der Waals surface area contributed by atoms with E-state index >= 15 is 0 Å².